The Bertz CT molecular complexity index is 368. The van der Waals surface area contributed by atoms with Crippen LogP contribution in [0.4, 0.5) is 0 Å². The first kappa shape index (κ1) is 11.1. The Morgan fingerprint density at radius 3 is 2.56 bits per heavy atom. The van der Waals surface area contributed by atoms with Crippen LogP contribution in [0.5, 0.6) is 0 Å². The van der Waals surface area contributed by atoms with Crippen molar-refractivity contribution in [3.8, 4) is 0 Å². The second-order valence-electron chi connectivity index (χ2n) is 4.49. The van der Waals surface area contributed by atoms with Gasteiger partial charge < -0.3 is 11.1 Å². The number of carbonyl (C=O) groups is 1. The van der Waals surface area contributed by atoms with Crippen molar-refractivity contribution in [3.05, 3.63) is 35.4 Å². The van der Waals surface area contributed by atoms with Crippen molar-refractivity contribution < 1.29 is 4.79 Å². The fraction of sp³-hybridized carbons (Fsp3) is 0.462. The zero-order valence-corrected chi connectivity index (χ0v) is 9.57. The van der Waals surface area contributed by atoms with Crippen molar-refractivity contribution in [2.45, 2.75) is 25.3 Å². The van der Waals surface area contributed by atoms with Gasteiger partial charge >= 0.3 is 0 Å². The zero-order chi connectivity index (χ0) is 11.5. The first-order chi connectivity index (χ1) is 7.70. The molecule has 0 aliphatic heterocycles. The molecule has 0 bridgehead atoms. The third kappa shape index (κ3) is 2.61. The second kappa shape index (κ2) is 4.66. The molecular weight excluding hydrogens is 200 g/mol. The lowest BCUT2D eigenvalue weighted by Crippen LogP contribution is -2.18. The quantitative estimate of drug-likeness (QED) is 0.810. The van der Waals surface area contributed by atoms with Gasteiger partial charge in [0.2, 0.25) is 0 Å². The van der Waals surface area contributed by atoms with Gasteiger partial charge in [-0.25, -0.2) is 0 Å². The Kier molecular flexibility index (Phi) is 3.25. The van der Waals surface area contributed by atoms with Crippen molar-refractivity contribution in [2.75, 3.05) is 7.05 Å². The van der Waals surface area contributed by atoms with Crippen molar-refractivity contribution in [3.63, 3.8) is 0 Å². The van der Waals surface area contributed by atoms with Crippen molar-refractivity contribution in [1.82, 2.24) is 5.32 Å². The molecule has 1 saturated carbocycles. The summed E-state index contributed by atoms with van der Waals surface area (Å²) in [4.78, 5) is 11.3. The first-order valence-corrected chi connectivity index (χ1v) is 5.78. The summed E-state index contributed by atoms with van der Waals surface area (Å²) in [5, 5.41) is 2.60. The summed E-state index contributed by atoms with van der Waals surface area (Å²) in [6, 6.07) is 7.70. The maximum atomic E-state index is 11.3. The minimum absolute atomic E-state index is 0.0534. The maximum Gasteiger partial charge on any atom is 0.251 e. The lowest BCUT2D eigenvalue weighted by atomic mass is 10.0. The molecule has 1 aliphatic carbocycles. The Morgan fingerprint density at radius 2 is 2.06 bits per heavy atom. The van der Waals surface area contributed by atoms with E-state index in [-0.39, 0.29) is 11.9 Å². The molecule has 0 radical (unpaired) electrons. The van der Waals surface area contributed by atoms with E-state index in [4.69, 9.17) is 5.73 Å². The maximum absolute atomic E-state index is 11.3. The largest absolute Gasteiger partial charge is 0.355 e. The van der Waals surface area contributed by atoms with Crippen LogP contribution >= 0.6 is 0 Å². The third-order valence-electron chi connectivity index (χ3n) is 3.11. The van der Waals surface area contributed by atoms with Gasteiger partial charge in [0, 0.05) is 18.7 Å². The molecule has 1 fully saturated rings. The van der Waals surface area contributed by atoms with E-state index in [1.54, 1.807) is 7.05 Å². The Balaban J connectivity index is 2.02. The summed E-state index contributed by atoms with van der Waals surface area (Å²) in [6.07, 6.45) is 3.72. The van der Waals surface area contributed by atoms with Crippen LogP contribution in [-0.2, 0) is 0 Å². The average molecular weight is 218 g/mol. The van der Waals surface area contributed by atoms with E-state index in [0.717, 1.165) is 17.9 Å². The summed E-state index contributed by atoms with van der Waals surface area (Å²) in [5.41, 5.74) is 7.90. The molecule has 1 unspecified atom stereocenters. The highest BCUT2D eigenvalue weighted by molar-refractivity contribution is 5.93. The smallest absolute Gasteiger partial charge is 0.251 e. The summed E-state index contributed by atoms with van der Waals surface area (Å²) in [5.74, 6) is 0.774. The van der Waals surface area contributed by atoms with Crippen LogP contribution in [0.1, 0.15) is 41.2 Å². The predicted octanol–water partition coefficient (Wildman–Crippen LogP) is 1.85. The van der Waals surface area contributed by atoms with E-state index in [0.29, 0.717) is 5.56 Å². The number of hydrogen-bond acceptors (Lipinski definition) is 2. The van der Waals surface area contributed by atoms with Gasteiger partial charge in [-0.3, -0.25) is 4.79 Å². The first-order valence-electron chi connectivity index (χ1n) is 5.78. The van der Waals surface area contributed by atoms with Gasteiger partial charge in [0.15, 0.2) is 0 Å². The SMILES string of the molecule is CNC(=O)c1ccc(C(N)CC2CC2)cc1. The molecule has 1 atom stereocenters. The van der Waals surface area contributed by atoms with E-state index in [1.165, 1.54) is 12.8 Å². The summed E-state index contributed by atoms with van der Waals surface area (Å²) in [6.45, 7) is 0. The van der Waals surface area contributed by atoms with Crippen LogP contribution in [-0.4, -0.2) is 13.0 Å². The van der Waals surface area contributed by atoms with Crippen molar-refractivity contribution >= 4 is 5.91 Å². The minimum Gasteiger partial charge on any atom is -0.355 e. The van der Waals surface area contributed by atoms with Gasteiger partial charge in [-0.1, -0.05) is 25.0 Å². The minimum atomic E-state index is -0.0534. The molecule has 3 nitrogen and oxygen atoms in total. The van der Waals surface area contributed by atoms with Crippen LogP contribution in [0.25, 0.3) is 0 Å². The average Bonchev–Trinajstić information content (AvgIpc) is 3.12. The molecule has 1 aromatic rings. The Labute approximate surface area is 96.0 Å². The van der Waals surface area contributed by atoms with Gasteiger partial charge in [0.25, 0.3) is 5.91 Å². The van der Waals surface area contributed by atoms with Crippen molar-refractivity contribution in [2.24, 2.45) is 11.7 Å². The zero-order valence-electron chi connectivity index (χ0n) is 9.57. The number of carbonyl (C=O) groups excluding carboxylic acids is 1. The van der Waals surface area contributed by atoms with Crippen LogP contribution in [0.2, 0.25) is 0 Å². The molecule has 0 saturated heterocycles. The lowest BCUT2D eigenvalue weighted by Gasteiger charge is -2.11. The van der Waals surface area contributed by atoms with Gasteiger partial charge in [-0.2, -0.15) is 0 Å². The number of nitrogens with one attached hydrogen (secondary N) is 1. The number of amides is 1. The molecule has 1 aromatic carbocycles. The summed E-state index contributed by atoms with van der Waals surface area (Å²) >= 11 is 0. The molecule has 1 aliphatic rings. The van der Waals surface area contributed by atoms with Crippen LogP contribution < -0.4 is 11.1 Å². The second-order valence-corrected chi connectivity index (χ2v) is 4.49. The van der Waals surface area contributed by atoms with Gasteiger partial charge in [-0.05, 0) is 30.0 Å². The number of rotatable bonds is 4. The van der Waals surface area contributed by atoms with Crippen molar-refractivity contribution in [1.29, 1.82) is 0 Å². The van der Waals surface area contributed by atoms with Gasteiger partial charge in [0.05, 0.1) is 0 Å². The van der Waals surface area contributed by atoms with Crippen LogP contribution in [0.3, 0.4) is 0 Å². The summed E-state index contributed by atoms with van der Waals surface area (Å²) in [7, 11) is 1.63. The molecule has 86 valence electrons. The Morgan fingerprint density at radius 1 is 1.44 bits per heavy atom. The molecule has 3 N–H and O–H groups in total. The van der Waals surface area contributed by atoms with E-state index >= 15 is 0 Å². The molecule has 1 amide bonds. The van der Waals surface area contributed by atoms with E-state index in [9.17, 15) is 4.79 Å². The molecule has 3 heteroatoms. The molecule has 0 aromatic heterocycles. The van der Waals surface area contributed by atoms with Gasteiger partial charge in [0.1, 0.15) is 0 Å². The van der Waals surface area contributed by atoms with Crippen LogP contribution in [0, 0.1) is 5.92 Å². The third-order valence-corrected chi connectivity index (χ3v) is 3.11. The highest BCUT2D eigenvalue weighted by atomic mass is 16.1. The number of benzene rings is 1. The monoisotopic (exact) mass is 218 g/mol. The number of hydrogen-bond donors (Lipinski definition) is 2. The van der Waals surface area contributed by atoms with Crippen LogP contribution in [0.15, 0.2) is 24.3 Å². The predicted molar refractivity (Wildman–Crippen MR) is 64.1 cm³/mol. The molecule has 16 heavy (non-hydrogen) atoms. The molecular formula is C13H18N2O. The molecule has 0 spiro atoms. The molecule has 2 rings (SSSR count). The number of nitrogens with two attached hydrogens (primary N) is 1. The fourth-order valence-electron chi connectivity index (χ4n) is 1.87. The van der Waals surface area contributed by atoms with E-state index in [2.05, 4.69) is 5.32 Å². The highest BCUT2D eigenvalue weighted by Gasteiger charge is 2.24. The summed E-state index contributed by atoms with van der Waals surface area (Å²) < 4.78 is 0. The normalized spacial score (nSPS) is 16.9. The fourth-order valence-corrected chi connectivity index (χ4v) is 1.87. The van der Waals surface area contributed by atoms with E-state index < -0.39 is 0 Å². The standard InChI is InChI=1S/C13H18N2O/c1-15-13(16)11-6-4-10(5-7-11)12(14)8-9-2-3-9/h4-7,9,12H,2-3,8,14H2,1H3,(H,15,16). The Hall–Kier alpha value is -1.35. The molecule has 0 heterocycles. The van der Waals surface area contributed by atoms with Gasteiger partial charge in [-0.15, -0.1) is 0 Å². The topological polar surface area (TPSA) is 55.1 Å². The van der Waals surface area contributed by atoms with E-state index in [1.807, 2.05) is 24.3 Å². The highest BCUT2D eigenvalue weighted by Crippen LogP contribution is 2.36. The lowest BCUT2D eigenvalue weighted by molar-refractivity contribution is 0.0963.